The van der Waals surface area contributed by atoms with Gasteiger partial charge < -0.3 is 9.64 Å². The Bertz CT molecular complexity index is 437. The van der Waals surface area contributed by atoms with Crippen LogP contribution >= 0.6 is 12.4 Å². The molecule has 2 bridgehead atoms. The van der Waals surface area contributed by atoms with E-state index < -0.39 is 0 Å². The van der Waals surface area contributed by atoms with E-state index in [1.54, 1.807) is 12.1 Å². The predicted molar refractivity (Wildman–Crippen MR) is 76.6 cm³/mol. The first-order valence-electron chi connectivity index (χ1n) is 6.68. The zero-order chi connectivity index (χ0) is 12.5. The van der Waals surface area contributed by atoms with Crippen molar-refractivity contribution in [2.45, 2.75) is 18.9 Å². The fourth-order valence-corrected chi connectivity index (χ4v) is 3.48. The van der Waals surface area contributed by atoms with E-state index in [1.165, 1.54) is 12.8 Å². The lowest BCUT2D eigenvalue weighted by Gasteiger charge is -2.22. The van der Waals surface area contributed by atoms with Gasteiger partial charge in [0.2, 0.25) is 0 Å². The number of carbonyl (C=O) groups excluding carboxylic acids is 1. The molecule has 3 atom stereocenters. The Labute approximate surface area is 120 Å². The van der Waals surface area contributed by atoms with Crippen LogP contribution in [0.5, 0.6) is 0 Å². The normalized spacial score (nSPS) is 29.0. The highest BCUT2D eigenvalue weighted by molar-refractivity contribution is 5.89. The van der Waals surface area contributed by atoms with Gasteiger partial charge in [-0.05, 0) is 37.9 Å². The SMILES string of the molecule is CN1CC2CCC1C2COC(=O)c1ccccc1.Cl. The second kappa shape index (κ2) is 5.93. The molecule has 1 aliphatic carbocycles. The summed E-state index contributed by atoms with van der Waals surface area (Å²) in [6, 6.07) is 9.87. The van der Waals surface area contributed by atoms with Crippen LogP contribution in [0.2, 0.25) is 0 Å². The second-order valence-electron chi connectivity index (χ2n) is 5.47. The number of piperidine rings is 1. The summed E-state index contributed by atoms with van der Waals surface area (Å²) in [5.74, 6) is 1.08. The van der Waals surface area contributed by atoms with E-state index in [0.29, 0.717) is 24.1 Å². The number of fused-ring (bicyclic) bond motifs is 2. The highest BCUT2D eigenvalue weighted by Gasteiger charge is 2.45. The first kappa shape index (κ1) is 14.4. The van der Waals surface area contributed by atoms with Crippen molar-refractivity contribution < 1.29 is 9.53 Å². The van der Waals surface area contributed by atoms with Gasteiger partial charge in [-0.15, -0.1) is 12.4 Å². The second-order valence-corrected chi connectivity index (χ2v) is 5.47. The molecule has 1 saturated heterocycles. The average Bonchev–Trinajstić information content (AvgIpc) is 2.92. The highest BCUT2D eigenvalue weighted by Crippen LogP contribution is 2.41. The maximum Gasteiger partial charge on any atom is 0.338 e. The van der Waals surface area contributed by atoms with Crippen LogP contribution in [0.4, 0.5) is 0 Å². The van der Waals surface area contributed by atoms with Gasteiger partial charge >= 0.3 is 5.97 Å². The zero-order valence-corrected chi connectivity index (χ0v) is 11.9. The van der Waals surface area contributed by atoms with Crippen LogP contribution in [-0.4, -0.2) is 37.1 Å². The monoisotopic (exact) mass is 281 g/mol. The molecule has 1 aromatic carbocycles. The molecular weight excluding hydrogens is 262 g/mol. The Morgan fingerprint density at radius 1 is 1.32 bits per heavy atom. The Morgan fingerprint density at radius 2 is 2.05 bits per heavy atom. The smallest absolute Gasteiger partial charge is 0.338 e. The Balaban J connectivity index is 0.00000133. The van der Waals surface area contributed by atoms with Crippen molar-refractivity contribution in [1.29, 1.82) is 0 Å². The van der Waals surface area contributed by atoms with Gasteiger partial charge in [0.25, 0.3) is 0 Å². The standard InChI is InChI=1S/C15H19NO2.ClH/c1-16-9-12-7-8-14(16)13(12)10-18-15(17)11-5-3-2-4-6-11;/h2-6,12-14H,7-10H2,1H3;1H. The molecule has 3 rings (SSSR count). The van der Waals surface area contributed by atoms with E-state index in [4.69, 9.17) is 4.74 Å². The van der Waals surface area contributed by atoms with Crippen LogP contribution in [-0.2, 0) is 4.74 Å². The lowest BCUT2D eigenvalue weighted by Crippen LogP contribution is -2.30. The third-order valence-electron chi connectivity index (χ3n) is 4.44. The third kappa shape index (κ3) is 2.77. The van der Waals surface area contributed by atoms with Gasteiger partial charge in [0, 0.05) is 18.5 Å². The van der Waals surface area contributed by atoms with Crippen molar-refractivity contribution in [2.75, 3.05) is 20.2 Å². The molecular formula is C15H20ClNO2. The molecule has 2 fully saturated rings. The first-order valence-corrected chi connectivity index (χ1v) is 6.68. The van der Waals surface area contributed by atoms with Crippen LogP contribution in [0.1, 0.15) is 23.2 Å². The summed E-state index contributed by atoms with van der Waals surface area (Å²) in [5, 5.41) is 0. The largest absolute Gasteiger partial charge is 0.462 e. The van der Waals surface area contributed by atoms with Gasteiger partial charge in [-0.1, -0.05) is 18.2 Å². The Morgan fingerprint density at radius 3 is 2.63 bits per heavy atom. The molecule has 1 saturated carbocycles. The van der Waals surface area contributed by atoms with Gasteiger partial charge in [-0.25, -0.2) is 4.79 Å². The molecule has 0 N–H and O–H groups in total. The summed E-state index contributed by atoms with van der Waals surface area (Å²) in [5.41, 5.74) is 0.649. The van der Waals surface area contributed by atoms with Crippen molar-refractivity contribution in [2.24, 2.45) is 11.8 Å². The molecule has 0 aromatic heterocycles. The van der Waals surface area contributed by atoms with Crippen LogP contribution in [0.15, 0.2) is 30.3 Å². The summed E-state index contributed by atoms with van der Waals surface area (Å²) >= 11 is 0. The number of likely N-dealkylation sites (tertiary alicyclic amines) is 1. The number of carbonyl (C=O) groups is 1. The molecule has 1 aromatic rings. The molecule has 3 unspecified atom stereocenters. The molecule has 1 heterocycles. The van der Waals surface area contributed by atoms with E-state index in [9.17, 15) is 4.79 Å². The summed E-state index contributed by atoms with van der Waals surface area (Å²) in [4.78, 5) is 14.3. The summed E-state index contributed by atoms with van der Waals surface area (Å²) in [6.45, 7) is 1.74. The molecule has 3 nitrogen and oxygen atoms in total. The minimum absolute atomic E-state index is 0. The van der Waals surface area contributed by atoms with E-state index in [0.717, 1.165) is 12.5 Å². The molecule has 0 spiro atoms. The van der Waals surface area contributed by atoms with Gasteiger partial charge in [0.1, 0.15) is 0 Å². The minimum atomic E-state index is -0.190. The maximum atomic E-state index is 11.9. The van der Waals surface area contributed by atoms with Gasteiger partial charge in [0.15, 0.2) is 0 Å². The predicted octanol–water partition coefficient (Wildman–Crippen LogP) is 2.61. The Kier molecular flexibility index (Phi) is 4.48. The molecule has 2 aliphatic rings. The number of nitrogens with zero attached hydrogens (tertiary/aromatic N) is 1. The number of hydrogen-bond acceptors (Lipinski definition) is 3. The molecule has 0 radical (unpaired) electrons. The summed E-state index contributed by atoms with van der Waals surface area (Å²) < 4.78 is 5.48. The number of ether oxygens (including phenoxy) is 1. The topological polar surface area (TPSA) is 29.5 Å². The third-order valence-corrected chi connectivity index (χ3v) is 4.44. The van der Waals surface area contributed by atoms with Crippen molar-refractivity contribution >= 4 is 18.4 Å². The zero-order valence-electron chi connectivity index (χ0n) is 11.1. The molecule has 0 amide bonds. The number of benzene rings is 1. The van der Waals surface area contributed by atoms with E-state index >= 15 is 0 Å². The van der Waals surface area contributed by atoms with Crippen molar-refractivity contribution in [1.82, 2.24) is 4.90 Å². The Hall–Kier alpha value is -1.06. The van der Waals surface area contributed by atoms with Crippen LogP contribution in [0.25, 0.3) is 0 Å². The van der Waals surface area contributed by atoms with Crippen LogP contribution in [0.3, 0.4) is 0 Å². The van der Waals surface area contributed by atoms with Crippen LogP contribution in [0, 0.1) is 11.8 Å². The summed E-state index contributed by atoms with van der Waals surface area (Å²) in [7, 11) is 2.18. The fourth-order valence-electron chi connectivity index (χ4n) is 3.48. The maximum absolute atomic E-state index is 11.9. The number of rotatable bonds is 3. The number of esters is 1. The van der Waals surface area contributed by atoms with E-state index in [2.05, 4.69) is 11.9 Å². The fraction of sp³-hybridized carbons (Fsp3) is 0.533. The van der Waals surface area contributed by atoms with E-state index in [-0.39, 0.29) is 18.4 Å². The van der Waals surface area contributed by atoms with E-state index in [1.807, 2.05) is 18.2 Å². The molecule has 4 heteroatoms. The molecule has 19 heavy (non-hydrogen) atoms. The lowest BCUT2D eigenvalue weighted by molar-refractivity contribution is 0.0413. The molecule has 1 aliphatic heterocycles. The van der Waals surface area contributed by atoms with Crippen LogP contribution < -0.4 is 0 Å². The van der Waals surface area contributed by atoms with Crippen molar-refractivity contribution in [3.63, 3.8) is 0 Å². The van der Waals surface area contributed by atoms with Gasteiger partial charge in [0.05, 0.1) is 12.2 Å². The average molecular weight is 282 g/mol. The quantitative estimate of drug-likeness (QED) is 0.798. The number of hydrogen-bond donors (Lipinski definition) is 0. The van der Waals surface area contributed by atoms with Crippen molar-refractivity contribution in [3.05, 3.63) is 35.9 Å². The lowest BCUT2D eigenvalue weighted by atomic mass is 9.99. The highest BCUT2D eigenvalue weighted by atomic mass is 35.5. The van der Waals surface area contributed by atoms with Gasteiger partial charge in [-0.2, -0.15) is 0 Å². The minimum Gasteiger partial charge on any atom is -0.462 e. The van der Waals surface area contributed by atoms with Crippen molar-refractivity contribution in [3.8, 4) is 0 Å². The first-order chi connectivity index (χ1) is 8.75. The van der Waals surface area contributed by atoms with Gasteiger partial charge in [-0.3, -0.25) is 0 Å². The molecule has 104 valence electrons. The number of halogens is 1. The summed E-state index contributed by atoms with van der Waals surface area (Å²) in [6.07, 6.45) is 2.55.